The molecule has 0 spiro atoms. The van der Waals surface area contributed by atoms with Crippen LogP contribution in [0.3, 0.4) is 0 Å². The predicted octanol–water partition coefficient (Wildman–Crippen LogP) is 3.77. The average molecular weight is 325 g/mol. The van der Waals surface area contributed by atoms with Crippen LogP contribution < -0.4 is 5.32 Å². The van der Waals surface area contributed by atoms with Crippen molar-refractivity contribution in [3.63, 3.8) is 0 Å². The van der Waals surface area contributed by atoms with E-state index in [9.17, 15) is 9.18 Å². The van der Waals surface area contributed by atoms with Gasteiger partial charge in [0, 0.05) is 25.2 Å². The van der Waals surface area contributed by atoms with Gasteiger partial charge >= 0.3 is 0 Å². The van der Waals surface area contributed by atoms with Crippen LogP contribution in [0.4, 0.5) is 4.39 Å². The van der Waals surface area contributed by atoms with E-state index in [1.54, 1.807) is 12.1 Å². The van der Waals surface area contributed by atoms with Crippen LogP contribution in [-0.2, 0) is 7.05 Å². The van der Waals surface area contributed by atoms with Crippen molar-refractivity contribution < 1.29 is 9.18 Å². The zero-order valence-corrected chi connectivity index (χ0v) is 14.0. The maximum atomic E-state index is 13.7. The van der Waals surface area contributed by atoms with E-state index >= 15 is 0 Å². The molecule has 5 heteroatoms. The Morgan fingerprint density at radius 1 is 1.29 bits per heavy atom. The van der Waals surface area contributed by atoms with E-state index in [-0.39, 0.29) is 11.7 Å². The molecule has 0 saturated heterocycles. The van der Waals surface area contributed by atoms with Gasteiger partial charge in [-0.25, -0.2) is 9.37 Å². The molecule has 2 aromatic heterocycles. The zero-order chi connectivity index (χ0) is 17.3. The van der Waals surface area contributed by atoms with E-state index in [1.165, 1.54) is 12.1 Å². The summed E-state index contributed by atoms with van der Waals surface area (Å²) in [6.07, 6.45) is 1.92. The van der Waals surface area contributed by atoms with Gasteiger partial charge in [-0.2, -0.15) is 0 Å². The van der Waals surface area contributed by atoms with Gasteiger partial charge in [0.15, 0.2) is 0 Å². The molecule has 3 aromatic rings. The van der Waals surface area contributed by atoms with Crippen LogP contribution in [0.1, 0.15) is 24.2 Å². The van der Waals surface area contributed by atoms with Crippen LogP contribution in [-0.4, -0.2) is 22.0 Å². The molecule has 0 unspecified atom stereocenters. The van der Waals surface area contributed by atoms with Gasteiger partial charge in [-0.15, -0.1) is 0 Å². The molecule has 2 heterocycles. The molecule has 1 N–H and O–H groups in total. The van der Waals surface area contributed by atoms with Crippen molar-refractivity contribution in [1.29, 1.82) is 0 Å². The van der Waals surface area contributed by atoms with Gasteiger partial charge < -0.3 is 9.88 Å². The number of pyridine rings is 1. The monoisotopic (exact) mass is 325 g/mol. The summed E-state index contributed by atoms with van der Waals surface area (Å²) in [7, 11) is 1.92. The van der Waals surface area contributed by atoms with E-state index in [0.717, 1.165) is 5.69 Å². The van der Waals surface area contributed by atoms with E-state index in [4.69, 9.17) is 0 Å². The number of nitrogens with zero attached hydrogens (tertiary/aromatic N) is 2. The highest BCUT2D eigenvalue weighted by Crippen LogP contribution is 2.25. The van der Waals surface area contributed by atoms with Crippen LogP contribution in [0.5, 0.6) is 0 Å². The summed E-state index contributed by atoms with van der Waals surface area (Å²) in [4.78, 5) is 17.2. The van der Waals surface area contributed by atoms with E-state index in [0.29, 0.717) is 34.6 Å². The number of nitrogens with one attached hydrogen (secondary N) is 1. The maximum Gasteiger partial charge on any atom is 0.252 e. The minimum Gasteiger partial charge on any atom is -0.352 e. The summed E-state index contributed by atoms with van der Waals surface area (Å²) in [5, 5.41) is 3.42. The van der Waals surface area contributed by atoms with Gasteiger partial charge in [-0.1, -0.05) is 13.8 Å². The molecular formula is C19H20FN3O. The molecule has 0 bridgehead atoms. The summed E-state index contributed by atoms with van der Waals surface area (Å²) >= 11 is 0. The van der Waals surface area contributed by atoms with E-state index in [2.05, 4.69) is 10.3 Å². The van der Waals surface area contributed by atoms with Crippen molar-refractivity contribution >= 4 is 16.8 Å². The Labute approximate surface area is 140 Å². The SMILES string of the molecule is CC(C)CNC(=O)c1cc(-c2cccn2C)nc2ccc(F)cc12. The first-order valence-corrected chi connectivity index (χ1v) is 7.96. The Bertz CT molecular complexity index is 899. The van der Waals surface area contributed by atoms with Gasteiger partial charge in [0.2, 0.25) is 0 Å². The highest BCUT2D eigenvalue weighted by molar-refractivity contribution is 6.07. The third-order valence-electron chi connectivity index (χ3n) is 3.89. The summed E-state index contributed by atoms with van der Waals surface area (Å²) in [5.74, 6) is -0.253. The molecule has 0 aliphatic carbocycles. The summed E-state index contributed by atoms with van der Waals surface area (Å²) in [6.45, 7) is 4.62. The molecule has 0 aliphatic rings. The molecule has 0 aliphatic heterocycles. The van der Waals surface area contributed by atoms with Crippen LogP contribution in [0.25, 0.3) is 22.3 Å². The summed E-state index contributed by atoms with van der Waals surface area (Å²) < 4.78 is 15.6. The molecule has 1 aromatic carbocycles. The second-order valence-corrected chi connectivity index (χ2v) is 6.32. The van der Waals surface area contributed by atoms with Crippen LogP contribution in [0, 0.1) is 11.7 Å². The number of aromatic nitrogens is 2. The van der Waals surface area contributed by atoms with Crippen molar-refractivity contribution in [2.24, 2.45) is 13.0 Å². The quantitative estimate of drug-likeness (QED) is 0.794. The average Bonchev–Trinajstić information content (AvgIpc) is 2.97. The molecule has 4 nitrogen and oxygen atoms in total. The van der Waals surface area contributed by atoms with Crippen molar-refractivity contribution in [1.82, 2.24) is 14.9 Å². The van der Waals surface area contributed by atoms with E-state index in [1.807, 2.05) is 43.8 Å². The van der Waals surface area contributed by atoms with E-state index < -0.39 is 0 Å². The molecule has 1 amide bonds. The molecule has 0 atom stereocenters. The smallest absolute Gasteiger partial charge is 0.252 e. The Morgan fingerprint density at radius 3 is 2.75 bits per heavy atom. The Hall–Kier alpha value is -2.69. The van der Waals surface area contributed by atoms with Crippen molar-refractivity contribution in [2.45, 2.75) is 13.8 Å². The van der Waals surface area contributed by atoms with Gasteiger partial charge in [0.05, 0.1) is 22.5 Å². The number of carbonyl (C=O) groups is 1. The maximum absolute atomic E-state index is 13.7. The number of carbonyl (C=O) groups excluding carboxylic acids is 1. The largest absolute Gasteiger partial charge is 0.352 e. The number of amides is 1. The van der Waals surface area contributed by atoms with Gasteiger partial charge in [0.25, 0.3) is 5.91 Å². The summed E-state index contributed by atoms with van der Waals surface area (Å²) in [5.41, 5.74) is 2.64. The first-order chi connectivity index (χ1) is 11.5. The molecule has 24 heavy (non-hydrogen) atoms. The lowest BCUT2D eigenvalue weighted by Gasteiger charge is -2.12. The third-order valence-corrected chi connectivity index (χ3v) is 3.89. The first-order valence-electron chi connectivity index (χ1n) is 7.96. The number of aryl methyl sites for hydroxylation is 1. The Balaban J connectivity index is 2.15. The Kier molecular flexibility index (Phi) is 4.34. The lowest BCUT2D eigenvalue weighted by atomic mass is 10.1. The minimum absolute atomic E-state index is 0.211. The van der Waals surface area contributed by atoms with Gasteiger partial charge in [-0.05, 0) is 42.3 Å². The zero-order valence-electron chi connectivity index (χ0n) is 14.0. The highest BCUT2D eigenvalue weighted by atomic mass is 19.1. The number of rotatable bonds is 4. The Morgan fingerprint density at radius 2 is 2.08 bits per heavy atom. The minimum atomic E-state index is -0.381. The predicted molar refractivity (Wildman–Crippen MR) is 93.3 cm³/mol. The standard InChI is InChI=1S/C19H20FN3O/c1-12(2)11-21-19(24)15-10-17(18-5-4-8-23(18)3)22-16-7-6-13(20)9-14(15)16/h4-10,12H,11H2,1-3H3,(H,21,24). The van der Waals surface area contributed by atoms with Crippen LogP contribution in [0.15, 0.2) is 42.6 Å². The van der Waals surface area contributed by atoms with Crippen molar-refractivity contribution in [2.75, 3.05) is 6.54 Å². The van der Waals surface area contributed by atoms with Gasteiger partial charge in [-0.3, -0.25) is 4.79 Å². The second-order valence-electron chi connectivity index (χ2n) is 6.32. The van der Waals surface area contributed by atoms with Crippen LogP contribution >= 0.6 is 0 Å². The molecule has 3 rings (SSSR count). The number of fused-ring (bicyclic) bond motifs is 1. The van der Waals surface area contributed by atoms with Crippen molar-refractivity contribution in [3.05, 3.63) is 54.0 Å². The third kappa shape index (κ3) is 3.15. The second kappa shape index (κ2) is 6.43. The molecule has 0 saturated carbocycles. The number of hydrogen-bond acceptors (Lipinski definition) is 2. The fourth-order valence-electron chi connectivity index (χ4n) is 2.64. The number of benzene rings is 1. The fourth-order valence-corrected chi connectivity index (χ4v) is 2.64. The number of hydrogen-bond donors (Lipinski definition) is 1. The molecule has 0 fully saturated rings. The topological polar surface area (TPSA) is 46.9 Å². The fraction of sp³-hybridized carbons (Fsp3) is 0.263. The lowest BCUT2D eigenvalue weighted by Crippen LogP contribution is -2.27. The first kappa shape index (κ1) is 16.2. The lowest BCUT2D eigenvalue weighted by molar-refractivity contribution is 0.0950. The van der Waals surface area contributed by atoms with Gasteiger partial charge in [0.1, 0.15) is 5.82 Å². The molecule has 0 radical (unpaired) electrons. The molecular weight excluding hydrogens is 305 g/mol. The highest BCUT2D eigenvalue weighted by Gasteiger charge is 2.15. The number of halogens is 1. The van der Waals surface area contributed by atoms with Crippen LogP contribution in [0.2, 0.25) is 0 Å². The normalized spacial score (nSPS) is 11.2. The molecule has 124 valence electrons. The van der Waals surface area contributed by atoms with Crippen molar-refractivity contribution in [3.8, 4) is 11.4 Å². The summed E-state index contributed by atoms with van der Waals surface area (Å²) in [6, 6.07) is 9.92.